The van der Waals surface area contributed by atoms with E-state index in [0.29, 0.717) is 23.7 Å². The number of barbiturate groups is 1. The molecule has 172 valence electrons. The lowest BCUT2D eigenvalue weighted by Crippen LogP contribution is -2.54. The van der Waals surface area contributed by atoms with Gasteiger partial charge in [-0.25, -0.2) is 14.5 Å². The number of furan rings is 1. The van der Waals surface area contributed by atoms with Crippen LogP contribution in [0.3, 0.4) is 0 Å². The number of carboxylic acid groups (broad SMARTS) is 1. The zero-order chi connectivity index (χ0) is 24.4. The molecule has 0 spiro atoms. The highest BCUT2D eigenvalue weighted by Gasteiger charge is 2.38. The smallest absolute Gasteiger partial charge is 0.336 e. The number of aromatic carboxylic acids is 1. The van der Waals surface area contributed by atoms with E-state index in [1.807, 2.05) is 0 Å². The minimum atomic E-state index is -1.07. The summed E-state index contributed by atoms with van der Waals surface area (Å²) in [4.78, 5) is 50.3. The summed E-state index contributed by atoms with van der Waals surface area (Å²) in [5.74, 6) is -1.90. The Balaban J connectivity index is 1.70. The van der Waals surface area contributed by atoms with Crippen LogP contribution in [0.15, 0.2) is 64.6 Å². The van der Waals surface area contributed by atoms with Gasteiger partial charge in [0, 0.05) is 5.56 Å². The van der Waals surface area contributed by atoms with Crippen LogP contribution in [-0.4, -0.2) is 35.5 Å². The quantitative estimate of drug-likeness (QED) is 0.420. The highest BCUT2D eigenvalue weighted by molar-refractivity contribution is 6.39. The van der Waals surface area contributed by atoms with Gasteiger partial charge in [0.15, 0.2) is 0 Å². The van der Waals surface area contributed by atoms with Gasteiger partial charge in [-0.1, -0.05) is 18.2 Å². The van der Waals surface area contributed by atoms with E-state index in [2.05, 4.69) is 5.32 Å². The van der Waals surface area contributed by atoms with Crippen LogP contribution in [-0.2, 0) is 9.59 Å². The molecule has 1 aliphatic rings. The second kappa shape index (κ2) is 9.07. The average molecular weight is 460 g/mol. The molecule has 34 heavy (non-hydrogen) atoms. The standard InChI is InChI=1S/C25H20N2O7/c1-3-33-21-7-5-4-6-19(21)27-23(29)18(22(28)26-25(27)32)13-16-10-11-20(34-16)17-12-15(24(30)31)9-8-14(17)2/h4-13H,3H2,1-2H3,(H,30,31)(H,26,28,32)/b18-13+. The summed E-state index contributed by atoms with van der Waals surface area (Å²) in [5, 5.41) is 11.4. The van der Waals surface area contributed by atoms with E-state index >= 15 is 0 Å². The zero-order valence-electron chi connectivity index (χ0n) is 18.3. The number of carbonyl (C=O) groups excluding carboxylic acids is 3. The minimum Gasteiger partial charge on any atom is -0.492 e. The molecule has 0 unspecified atom stereocenters. The molecule has 1 saturated heterocycles. The molecule has 3 aromatic rings. The Morgan fingerprint density at radius 2 is 1.88 bits per heavy atom. The van der Waals surface area contributed by atoms with Crippen molar-refractivity contribution < 1.29 is 33.4 Å². The van der Waals surface area contributed by atoms with Crippen LogP contribution < -0.4 is 15.0 Å². The predicted octanol–water partition coefficient (Wildman–Crippen LogP) is 4.02. The first kappa shape index (κ1) is 22.5. The van der Waals surface area contributed by atoms with Gasteiger partial charge >= 0.3 is 12.0 Å². The number of carbonyl (C=O) groups is 4. The van der Waals surface area contributed by atoms with Crippen molar-refractivity contribution in [3.8, 4) is 17.1 Å². The molecule has 2 heterocycles. The predicted molar refractivity (Wildman–Crippen MR) is 122 cm³/mol. The van der Waals surface area contributed by atoms with Crippen molar-refractivity contribution in [1.82, 2.24) is 5.32 Å². The zero-order valence-corrected chi connectivity index (χ0v) is 18.3. The first-order valence-electron chi connectivity index (χ1n) is 10.4. The number of ether oxygens (including phenoxy) is 1. The van der Waals surface area contributed by atoms with Crippen LogP contribution >= 0.6 is 0 Å². The first-order valence-corrected chi connectivity index (χ1v) is 10.4. The average Bonchev–Trinajstić information content (AvgIpc) is 3.26. The summed E-state index contributed by atoms with van der Waals surface area (Å²) in [6.45, 7) is 3.89. The molecule has 0 atom stereocenters. The number of para-hydroxylation sites is 2. The molecule has 0 radical (unpaired) electrons. The Morgan fingerprint density at radius 3 is 2.62 bits per heavy atom. The van der Waals surface area contributed by atoms with Crippen LogP contribution in [0.4, 0.5) is 10.5 Å². The fourth-order valence-corrected chi connectivity index (χ4v) is 3.53. The maximum Gasteiger partial charge on any atom is 0.336 e. The third-order valence-electron chi connectivity index (χ3n) is 5.17. The van der Waals surface area contributed by atoms with Crippen molar-refractivity contribution in [2.24, 2.45) is 0 Å². The number of rotatable bonds is 6. The van der Waals surface area contributed by atoms with Gasteiger partial charge in [-0.05, 0) is 61.9 Å². The van der Waals surface area contributed by atoms with Crippen molar-refractivity contribution in [2.75, 3.05) is 11.5 Å². The van der Waals surface area contributed by atoms with Gasteiger partial charge in [-0.2, -0.15) is 0 Å². The molecule has 9 heteroatoms. The van der Waals surface area contributed by atoms with E-state index in [4.69, 9.17) is 9.15 Å². The number of anilines is 1. The first-order chi connectivity index (χ1) is 16.3. The Kier molecular flexibility index (Phi) is 6.01. The van der Waals surface area contributed by atoms with Crippen molar-refractivity contribution in [3.63, 3.8) is 0 Å². The molecule has 1 fully saturated rings. The lowest BCUT2D eigenvalue weighted by Gasteiger charge is -2.27. The maximum atomic E-state index is 13.2. The third-order valence-corrected chi connectivity index (χ3v) is 5.17. The minimum absolute atomic E-state index is 0.0980. The highest BCUT2D eigenvalue weighted by Crippen LogP contribution is 2.32. The number of hydrogen-bond acceptors (Lipinski definition) is 6. The molecule has 0 saturated carbocycles. The van der Waals surface area contributed by atoms with Crippen LogP contribution in [0.2, 0.25) is 0 Å². The largest absolute Gasteiger partial charge is 0.492 e. The van der Waals surface area contributed by atoms with Gasteiger partial charge in [0.05, 0.1) is 17.9 Å². The summed E-state index contributed by atoms with van der Waals surface area (Å²) in [6, 6.07) is 13.4. The topological polar surface area (TPSA) is 126 Å². The molecular formula is C25H20N2O7. The SMILES string of the molecule is CCOc1ccccc1N1C(=O)NC(=O)/C(=C\c2ccc(-c3cc(C(=O)O)ccc3C)o2)C1=O. The molecule has 2 N–H and O–H groups in total. The second-order valence-corrected chi connectivity index (χ2v) is 7.40. The van der Waals surface area contributed by atoms with Gasteiger partial charge in [-0.3, -0.25) is 14.9 Å². The van der Waals surface area contributed by atoms with E-state index in [0.717, 1.165) is 10.5 Å². The normalized spacial score (nSPS) is 14.9. The summed E-state index contributed by atoms with van der Waals surface area (Å²) in [7, 11) is 0. The van der Waals surface area contributed by atoms with Crippen molar-refractivity contribution in [2.45, 2.75) is 13.8 Å². The molecule has 1 aromatic heterocycles. The highest BCUT2D eigenvalue weighted by atomic mass is 16.5. The van der Waals surface area contributed by atoms with E-state index < -0.39 is 23.8 Å². The number of carboxylic acids is 1. The number of amides is 4. The number of nitrogens with zero attached hydrogens (tertiary/aromatic N) is 1. The van der Waals surface area contributed by atoms with Crippen LogP contribution in [0, 0.1) is 6.92 Å². The number of benzene rings is 2. The summed E-state index contributed by atoms with van der Waals surface area (Å²) in [5.41, 5.74) is 1.34. The van der Waals surface area contributed by atoms with Crippen LogP contribution in [0.25, 0.3) is 17.4 Å². The lowest BCUT2D eigenvalue weighted by atomic mass is 10.0. The molecule has 4 amide bonds. The Bertz CT molecular complexity index is 1350. The Hall–Kier alpha value is -4.66. The van der Waals surface area contributed by atoms with Gasteiger partial charge in [-0.15, -0.1) is 0 Å². The third kappa shape index (κ3) is 4.18. The number of imide groups is 2. The van der Waals surface area contributed by atoms with Gasteiger partial charge in [0.25, 0.3) is 11.8 Å². The molecule has 2 aromatic carbocycles. The molecule has 0 bridgehead atoms. The van der Waals surface area contributed by atoms with E-state index in [1.54, 1.807) is 56.3 Å². The summed E-state index contributed by atoms with van der Waals surface area (Å²) >= 11 is 0. The summed E-state index contributed by atoms with van der Waals surface area (Å²) < 4.78 is 11.3. The fourth-order valence-electron chi connectivity index (χ4n) is 3.53. The second-order valence-electron chi connectivity index (χ2n) is 7.40. The molecule has 0 aliphatic carbocycles. The van der Waals surface area contributed by atoms with E-state index in [9.17, 15) is 24.3 Å². The molecular weight excluding hydrogens is 440 g/mol. The Morgan fingerprint density at radius 1 is 1.12 bits per heavy atom. The van der Waals surface area contributed by atoms with Crippen LogP contribution in [0.5, 0.6) is 5.75 Å². The number of aryl methyl sites for hydroxylation is 1. The van der Waals surface area contributed by atoms with E-state index in [1.165, 1.54) is 18.2 Å². The van der Waals surface area contributed by atoms with Crippen molar-refractivity contribution in [1.29, 1.82) is 0 Å². The lowest BCUT2D eigenvalue weighted by molar-refractivity contribution is -0.122. The van der Waals surface area contributed by atoms with E-state index in [-0.39, 0.29) is 22.6 Å². The maximum absolute atomic E-state index is 13.2. The van der Waals surface area contributed by atoms with Gasteiger partial charge in [0.1, 0.15) is 22.8 Å². The van der Waals surface area contributed by atoms with Gasteiger partial charge < -0.3 is 14.3 Å². The van der Waals surface area contributed by atoms with Crippen LogP contribution in [0.1, 0.15) is 28.6 Å². The molecule has 1 aliphatic heterocycles. The van der Waals surface area contributed by atoms with Crippen molar-refractivity contribution in [3.05, 3.63) is 77.1 Å². The Labute approximate surface area is 194 Å². The van der Waals surface area contributed by atoms with Crippen molar-refractivity contribution >= 4 is 35.6 Å². The molecule has 4 rings (SSSR count). The number of hydrogen-bond donors (Lipinski definition) is 2. The molecule has 9 nitrogen and oxygen atoms in total. The number of nitrogens with one attached hydrogen (secondary N) is 1. The monoisotopic (exact) mass is 460 g/mol. The fraction of sp³-hybridized carbons (Fsp3) is 0.120. The summed E-state index contributed by atoms with van der Waals surface area (Å²) in [6.07, 6.45) is 1.24. The van der Waals surface area contributed by atoms with Gasteiger partial charge in [0.2, 0.25) is 0 Å². The number of urea groups is 1.